The summed E-state index contributed by atoms with van der Waals surface area (Å²) in [5.74, 6) is 0.471. The zero-order valence-corrected chi connectivity index (χ0v) is 11.3. The van der Waals surface area contributed by atoms with Gasteiger partial charge in [0.15, 0.2) is 0 Å². The molecule has 1 aromatic carbocycles. The van der Waals surface area contributed by atoms with Crippen LogP contribution in [0.4, 0.5) is 9.18 Å². The molecule has 0 radical (unpaired) electrons. The quantitative estimate of drug-likeness (QED) is 0.892. The third-order valence-corrected chi connectivity index (χ3v) is 3.37. The summed E-state index contributed by atoms with van der Waals surface area (Å²) in [6, 6.07) is 4.49. The van der Waals surface area contributed by atoms with Crippen LogP contribution in [0.15, 0.2) is 18.2 Å². The number of carbonyl (C=O) groups is 1. The summed E-state index contributed by atoms with van der Waals surface area (Å²) in [6.07, 6.45) is 1.68. The number of hydrogen-bond donors (Lipinski definition) is 1. The average Bonchev–Trinajstić information content (AvgIpc) is 2.42. The second kappa shape index (κ2) is 5.91. The lowest BCUT2D eigenvalue weighted by Gasteiger charge is -2.32. The summed E-state index contributed by atoms with van der Waals surface area (Å²) in [4.78, 5) is 13.2. The number of likely N-dealkylation sites (tertiary alicyclic amines) is 1. The van der Waals surface area contributed by atoms with Crippen LogP contribution in [-0.2, 0) is 0 Å². The summed E-state index contributed by atoms with van der Waals surface area (Å²) in [5.41, 5.74) is 0.800. The second-order valence-corrected chi connectivity index (χ2v) is 4.77. The van der Waals surface area contributed by atoms with E-state index in [0.717, 1.165) is 24.2 Å². The highest BCUT2D eigenvalue weighted by atomic mass is 19.1. The lowest BCUT2D eigenvalue weighted by atomic mass is 10.1. The zero-order valence-electron chi connectivity index (χ0n) is 11.3. The molecule has 0 atom stereocenters. The Hall–Kier alpha value is -1.78. The highest BCUT2D eigenvalue weighted by molar-refractivity contribution is 5.73. The molecule has 1 saturated heterocycles. The first-order valence-corrected chi connectivity index (χ1v) is 6.49. The van der Waals surface area contributed by atoms with E-state index < -0.39 is 0 Å². The first-order chi connectivity index (χ1) is 9.10. The van der Waals surface area contributed by atoms with Crippen LogP contribution in [0.1, 0.15) is 18.4 Å². The van der Waals surface area contributed by atoms with E-state index in [9.17, 15) is 9.18 Å². The molecule has 1 aliphatic rings. The Balaban J connectivity index is 1.90. The highest BCUT2D eigenvalue weighted by Crippen LogP contribution is 2.23. The van der Waals surface area contributed by atoms with Crippen molar-refractivity contribution in [1.82, 2.24) is 10.2 Å². The van der Waals surface area contributed by atoms with E-state index in [-0.39, 0.29) is 18.0 Å². The van der Waals surface area contributed by atoms with Gasteiger partial charge in [0.1, 0.15) is 17.7 Å². The Morgan fingerprint density at radius 3 is 2.68 bits per heavy atom. The number of rotatable bonds is 2. The van der Waals surface area contributed by atoms with Crippen LogP contribution < -0.4 is 10.1 Å². The number of carbonyl (C=O) groups excluding carboxylic acids is 1. The van der Waals surface area contributed by atoms with Crippen molar-refractivity contribution in [3.05, 3.63) is 29.6 Å². The highest BCUT2D eigenvalue weighted by Gasteiger charge is 2.23. The van der Waals surface area contributed by atoms with E-state index in [2.05, 4.69) is 5.32 Å². The van der Waals surface area contributed by atoms with Crippen LogP contribution >= 0.6 is 0 Å². The summed E-state index contributed by atoms with van der Waals surface area (Å²) in [5, 5.41) is 2.62. The number of nitrogens with one attached hydrogen (secondary N) is 1. The van der Waals surface area contributed by atoms with Gasteiger partial charge in [-0.2, -0.15) is 0 Å². The molecule has 1 aliphatic heterocycles. The second-order valence-electron chi connectivity index (χ2n) is 4.77. The van der Waals surface area contributed by atoms with Crippen LogP contribution in [0.3, 0.4) is 0 Å². The van der Waals surface area contributed by atoms with Crippen molar-refractivity contribution in [2.24, 2.45) is 0 Å². The predicted molar refractivity (Wildman–Crippen MR) is 70.8 cm³/mol. The largest absolute Gasteiger partial charge is 0.490 e. The number of ether oxygens (including phenoxy) is 1. The zero-order chi connectivity index (χ0) is 13.8. The number of amides is 2. The molecule has 2 amide bonds. The molecule has 4 nitrogen and oxygen atoms in total. The van der Waals surface area contributed by atoms with E-state index in [1.54, 1.807) is 18.0 Å². The van der Waals surface area contributed by atoms with E-state index >= 15 is 0 Å². The minimum atomic E-state index is -0.251. The van der Waals surface area contributed by atoms with Gasteiger partial charge in [0.05, 0.1) is 0 Å². The first-order valence-electron chi connectivity index (χ1n) is 6.49. The Kier molecular flexibility index (Phi) is 4.24. The molecular formula is C14H19FN2O2. The van der Waals surface area contributed by atoms with Gasteiger partial charge in [-0.15, -0.1) is 0 Å². The SMILES string of the molecule is CNC(=O)N1CCC(Oc2ccc(F)cc2C)CC1. The molecule has 5 heteroatoms. The minimum absolute atomic E-state index is 0.0450. The van der Waals surface area contributed by atoms with Gasteiger partial charge in [-0.3, -0.25) is 0 Å². The van der Waals surface area contributed by atoms with Crippen molar-refractivity contribution in [1.29, 1.82) is 0 Å². The van der Waals surface area contributed by atoms with Gasteiger partial charge in [-0.05, 0) is 30.7 Å². The van der Waals surface area contributed by atoms with Gasteiger partial charge < -0.3 is 15.0 Å². The normalized spacial score (nSPS) is 16.3. The van der Waals surface area contributed by atoms with Gasteiger partial charge in [0.25, 0.3) is 0 Å². The fourth-order valence-corrected chi connectivity index (χ4v) is 2.26. The third kappa shape index (κ3) is 3.36. The summed E-state index contributed by atoms with van der Waals surface area (Å²) in [7, 11) is 1.63. The summed E-state index contributed by atoms with van der Waals surface area (Å²) >= 11 is 0. The number of urea groups is 1. The van der Waals surface area contributed by atoms with E-state index in [1.165, 1.54) is 12.1 Å². The van der Waals surface area contributed by atoms with E-state index in [4.69, 9.17) is 4.74 Å². The monoisotopic (exact) mass is 266 g/mol. The van der Waals surface area contributed by atoms with Crippen molar-refractivity contribution >= 4 is 6.03 Å². The molecule has 2 rings (SSSR count). The standard InChI is InChI=1S/C14H19FN2O2/c1-10-9-11(15)3-4-13(10)19-12-5-7-17(8-6-12)14(18)16-2/h3-4,9,12H,5-8H2,1-2H3,(H,16,18). The topological polar surface area (TPSA) is 41.6 Å². The molecule has 19 heavy (non-hydrogen) atoms. The van der Waals surface area contributed by atoms with E-state index in [0.29, 0.717) is 13.1 Å². The van der Waals surface area contributed by atoms with Gasteiger partial charge in [0, 0.05) is 33.0 Å². The molecule has 0 aliphatic carbocycles. The fourth-order valence-electron chi connectivity index (χ4n) is 2.26. The van der Waals surface area contributed by atoms with Crippen LogP contribution in [-0.4, -0.2) is 37.2 Å². The van der Waals surface area contributed by atoms with Crippen molar-refractivity contribution in [3.8, 4) is 5.75 Å². The Morgan fingerprint density at radius 1 is 1.42 bits per heavy atom. The molecule has 1 aromatic rings. The summed E-state index contributed by atoms with van der Waals surface area (Å²) < 4.78 is 18.9. The van der Waals surface area contributed by atoms with Crippen LogP contribution in [0.5, 0.6) is 5.75 Å². The van der Waals surface area contributed by atoms with Crippen molar-refractivity contribution < 1.29 is 13.9 Å². The maximum absolute atomic E-state index is 13.0. The molecule has 0 spiro atoms. The molecular weight excluding hydrogens is 247 g/mol. The number of piperidine rings is 1. The first kappa shape index (κ1) is 13.6. The Morgan fingerprint density at radius 2 is 2.11 bits per heavy atom. The number of halogens is 1. The number of nitrogens with zero attached hydrogens (tertiary/aromatic N) is 1. The molecule has 0 aromatic heterocycles. The maximum atomic E-state index is 13.0. The molecule has 104 valence electrons. The van der Waals surface area contributed by atoms with Crippen molar-refractivity contribution in [2.75, 3.05) is 20.1 Å². The number of benzene rings is 1. The Bertz CT molecular complexity index is 457. The van der Waals surface area contributed by atoms with Crippen LogP contribution in [0.2, 0.25) is 0 Å². The van der Waals surface area contributed by atoms with Gasteiger partial charge >= 0.3 is 6.03 Å². The fraction of sp³-hybridized carbons (Fsp3) is 0.500. The third-order valence-electron chi connectivity index (χ3n) is 3.37. The van der Waals surface area contributed by atoms with Crippen molar-refractivity contribution in [3.63, 3.8) is 0 Å². The molecule has 1 N–H and O–H groups in total. The lowest BCUT2D eigenvalue weighted by molar-refractivity contribution is 0.111. The molecule has 0 bridgehead atoms. The van der Waals surface area contributed by atoms with Crippen LogP contribution in [0, 0.1) is 12.7 Å². The van der Waals surface area contributed by atoms with Gasteiger partial charge in [-0.1, -0.05) is 0 Å². The Labute approximate surface area is 112 Å². The van der Waals surface area contributed by atoms with Gasteiger partial charge in [-0.25, -0.2) is 9.18 Å². The number of aryl methyl sites for hydroxylation is 1. The van der Waals surface area contributed by atoms with Crippen molar-refractivity contribution in [2.45, 2.75) is 25.9 Å². The van der Waals surface area contributed by atoms with Gasteiger partial charge in [0.2, 0.25) is 0 Å². The average molecular weight is 266 g/mol. The number of hydrogen-bond acceptors (Lipinski definition) is 2. The molecule has 1 heterocycles. The maximum Gasteiger partial charge on any atom is 0.317 e. The molecule has 0 unspecified atom stereocenters. The van der Waals surface area contributed by atoms with Crippen LogP contribution in [0.25, 0.3) is 0 Å². The molecule has 0 saturated carbocycles. The summed E-state index contributed by atoms with van der Waals surface area (Å²) in [6.45, 7) is 3.20. The minimum Gasteiger partial charge on any atom is -0.490 e. The lowest BCUT2D eigenvalue weighted by Crippen LogP contribution is -2.45. The molecule has 1 fully saturated rings. The van der Waals surface area contributed by atoms with E-state index in [1.807, 2.05) is 6.92 Å². The smallest absolute Gasteiger partial charge is 0.317 e. The predicted octanol–water partition coefficient (Wildman–Crippen LogP) is 2.32.